The molecule has 0 saturated carbocycles. The summed E-state index contributed by atoms with van der Waals surface area (Å²) in [7, 11) is 1.57. The summed E-state index contributed by atoms with van der Waals surface area (Å²) in [4.78, 5) is 24.7. The minimum atomic E-state index is -0.371. The second-order valence-electron chi connectivity index (χ2n) is 6.32. The predicted octanol–water partition coefficient (Wildman–Crippen LogP) is 3.60. The Labute approximate surface area is 177 Å². The number of halogens is 1. The van der Waals surface area contributed by atoms with Gasteiger partial charge in [-0.2, -0.15) is 0 Å². The fourth-order valence-corrected chi connectivity index (χ4v) is 3.66. The van der Waals surface area contributed by atoms with Gasteiger partial charge in [0.05, 0.1) is 19.3 Å². The lowest BCUT2D eigenvalue weighted by Crippen LogP contribution is -2.17. The van der Waals surface area contributed by atoms with Crippen molar-refractivity contribution < 1.29 is 18.7 Å². The largest absolute Gasteiger partial charge is 0.497 e. The molecule has 0 unspecified atom stereocenters. The number of nitrogens with one attached hydrogen (secondary N) is 1. The van der Waals surface area contributed by atoms with E-state index in [0.29, 0.717) is 34.5 Å². The van der Waals surface area contributed by atoms with Crippen LogP contribution in [0, 0.1) is 5.82 Å². The van der Waals surface area contributed by atoms with Crippen molar-refractivity contribution >= 4 is 29.1 Å². The first-order valence-corrected chi connectivity index (χ1v) is 10.3. The highest BCUT2D eigenvalue weighted by Gasteiger charge is 2.16. The van der Waals surface area contributed by atoms with Crippen LogP contribution in [0.4, 0.5) is 10.1 Å². The lowest BCUT2D eigenvalue weighted by molar-refractivity contribution is -0.115. The molecule has 0 bridgehead atoms. The normalized spacial score (nSPS) is 10.6. The van der Waals surface area contributed by atoms with Gasteiger partial charge in [0.1, 0.15) is 17.4 Å². The van der Waals surface area contributed by atoms with Crippen molar-refractivity contribution in [1.82, 2.24) is 14.8 Å². The first-order chi connectivity index (χ1) is 14.5. The average Bonchev–Trinajstić information content (AvgIpc) is 3.14. The molecule has 0 radical (unpaired) electrons. The molecule has 3 aromatic rings. The summed E-state index contributed by atoms with van der Waals surface area (Å²) in [6, 6.07) is 12.5. The maximum Gasteiger partial charge on any atom is 0.232 e. The topological polar surface area (TPSA) is 86.1 Å². The molecule has 0 aliphatic rings. The Kier molecular flexibility index (Phi) is 7.18. The number of ketones is 1. The van der Waals surface area contributed by atoms with E-state index in [1.807, 2.05) is 6.92 Å². The first-order valence-electron chi connectivity index (χ1n) is 9.27. The highest BCUT2D eigenvalue weighted by molar-refractivity contribution is 7.99. The number of aromatic nitrogens is 3. The van der Waals surface area contributed by atoms with E-state index in [9.17, 15) is 14.0 Å². The number of rotatable bonds is 9. The number of ether oxygens (including phenoxy) is 1. The second-order valence-corrected chi connectivity index (χ2v) is 7.26. The summed E-state index contributed by atoms with van der Waals surface area (Å²) >= 11 is 1.27. The molecule has 0 spiro atoms. The second kappa shape index (κ2) is 10.0. The van der Waals surface area contributed by atoms with Gasteiger partial charge in [-0.1, -0.05) is 11.8 Å². The van der Waals surface area contributed by atoms with E-state index in [0.717, 1.165) is 0 Å². The monoisotopic (exact) mass is 428 g/mol. The molecule has 1 amide bonds. The number of benzene rings is 2. The average molecular weight is 428 g/mol. The summed E-state index contributed by atoms with van der Waals surface area (Å²) in [5.74, 6) is 0.694. The molecular weight excluding hydrogens is 407 g/mol. The van der Waals surface area contributed by atoms with E-state index in [-0.39, 0.29) is 29.7 Å². The van der Waals surface area contributed by atoms with Gasteiger partial charge in [0.25, 0.3) is 0 Å². The van der Waals surface area contributed by atoms with Crippen LogP contribution >= 0.6 is 11.8 Å². The Hall–Kier alpha value is -3.20. The van der Waals surface area contributed by atoms with Gasteiger partial charge >= 0.3 is 0 Å². The maximum absolute atomic E-state index is 13.0. The summed E-state index contributed by atoms with van der Waals surface area (Å²) in [5.41, 5.74) is 1.09. The molecule has 30 heavy (non-hydrogen) atoms. The molecule has 156 valence electrons. The molecule has 1 heterocycles. The van der Waals surface area contributed by atoms with Crippen LogP contribution < -0.4 is 10.1 Å². The number of thioether (sulfide) groups is 1. The third kappa shape index (κ3) is 5.44. The molecule has 2 aromatic carbocycles. The Morgan fingerprint density at radius 3 is 2.43 bits per heavy atom. The number of carbonyl (C=O) groups excluding carboxylic acids is 2. The SMILES string of the molecule is CCn1c(CC(=O)Nc2ccc(F)cc2)nnc1SCC(=O)c1ccc(OC)cc1. The van der Waals surface area contributed by atoms with Gasteiger partial charge in [0, 0.05) is 17.8 Å². The lowest BCUT2D eigenvalue weighted by Gasteiger charge is -2.08. The van der Waals surface area contributed by atoms with Gasteiger partial charge in [0.15, 0.2) is 10.9 Å². The number of Topliss-reactive ketones (excluding diaryl/α,β-unsaturated/α-hetero) is 1. The minimum absolute atomic E-state index is 0.0191. The zero-order valence-electron chi connectivity index (χ0n) is 16.6. The molecular formula is C21H21FN4O3S. The number of hydrogen-bond acceptors (Lipinski definition) is 6. The molecule has 0 atom stereocenters. The van der Waals surface area contributed by atoms with Crippen molar-refractivity contribution in [3.8, 4) is 5.75 Å². The van der Waals surface area contributed by atoms with Gasteiger partial charge in [-0.05, 0) is 55.5 Å². The maximum atomic E-state index is 13.0. The zero-order valence-corrected chi connectivity index (χ0v) is 17.4. The Morgan fingerprint density at radius 1 is 1.10 bits per heavy atom. The Balaban J connectivity index is 1.60. The van der Waals surface area contributed by atoms with Gasteiger partial charge in [-0.25, -0.2) is 4.39 Å². The smallest absolute Gasteiger partial charge is 0.232 e. The Bertz CT molecular complexity index is 1020. The fourth-order valence-electron chi connectivity index (χ4n) is 2.75. The van der Waals surface area contributed by atoms with Crippen molar-refractivity contribution in [2.75, 3.05) is 18.2 Å². The van der Waals surface area contributed by atoms with E-state index < -0.39 is 0 Å². The highest BCUT2D eigenvalue weighted by atomic mass is 32.2. The first kappa shape index (κ1) is 21.5. The molecule has 1 aromatic heterocycles. The van der Waals surface area contributed by atoms with Crippen molar-refractivity contribution in [3.05, 3.63) is 65.7 Å². The van der Waals surface area contributed by atoms with E-state index in [1.54, 1.807) is 35.9 Å². The highest BCUT2D eigenvalue weighted by Crippen LogP contribution is 2.20. The molecule has 9 heteroatoms. The standard InChI is InChI=1S/C21H21FN4O3S/c1-3-26-19(12-20(28)23-16-8-6-15(22)7-9-16)24-25-21(26)30-13-18(27)14-4-10-17(29-2)11-5-14/h4-11H,3,12-13H2,1-2H3,(H,23,28). The zero-order chi connectivity index (χ0) is 21.5. The van der Waals surface area contributed by atoms with Crippen LogP contribution in [0.3, 0.4) is 0 Å². The molecule has 1 N–H and O–H groups in total. The molecule has 0 aliphatic heterocycles. The molecule has 0 aliphatic carbocycles. The van der Waals surface area contributed by atoms with Crippen molar-refractivity contribution in [2.24, 2.45) is 0 Å². The Morgan fingerprint density at radius 2 is 1.80 bits per heavy atom. The number of amides is 1. The summed E-state index contributed by atoms with van der Waals surface area (Å²) in [6.45, 7) is 2.48. The molecule has 0 fully saturated rings. The van der Waals surface area contributed by atoms with Crippen molar-refractivity contribution in [2.45, 2.75) is 25.0 Å². The third-order valence-corrected chi connectivity index (χ3v) is 5.27. The predicted molar refractivity (Wildman–Crippen MR) is 112 cm³/mol. The van der Waals surface area contributed by atoms with Crippen LogP contribution in [0.5, 0.6) is 5.75 Å². The number of anilines is 1. The van der Waals surface area contributed by atoms with Crippen molar-refractivity contribution in [3.63, 3.8) is 0 Å². The molecule has 7 nitrogen and oxygen atoms in total. The number of nitrogens with zero attached hydrogens (tertiary/aromatic N) is 3. The molecule has 3 rings (SSSR count). The van der Waals surface area contributed by atoms with Crippen LogP contribution in [0.1, 0.15) is 23.1 Å². The van der Waals surface area contributed by atoms with Gasteiger partial charge in [0.2, 0.25) is 5.91 Å². The number of methoxy groups -OCH3 is 1. The lowest BCUT2D eigenvalue weighted by atomic mass is 10.1. The summed E-state index contributed by atoms with van der Waals surface area (Å²) < 4.78 is 19.9. The van der Waals surface area contributed by atoms with Crippen LogP contribution in [0.2, 0.25) is 0 Å². The van der Waals surface area contributed by atoms with Gasteiger partial charge in [-0.15, -0.1) is 10.2 Å². The van der Waals surface area contributed by atoms with Crippen LogP contribution in [0.25, 0.3) is 0 Å². The van der Waals surface area contributed by atoms with Crippen LogP contribution in [-0.2, 0) is 17.8 Å². The van der Waals surface area contributed by atoms with Crippen molar-refractivity contribution in [1.29, 1.82) is 0 Å². The quantitative estimate of drug-likeness (QED) is 0.414. The van der Waals surface area contributed by atoms with Gasteiger partial charge in [-0.3, -0.25) is 9.59 Å². The van der Waals surface area contributed by atoms with E-state index in [4.69, 9.17) is 4.74 Å². The van der Waals surface area contributed by atoms with E-state index in [2.05, 4.69) is 15.5 Å². The summed E-state index contributed by atoms with van der Waals surface area (Å²) in [6.07, 6.45) is 0.0191. The van der Waals surface area contributed by atoms with Gasteiger partial charge < -0.3 is 14.6 Å². The third-order valence-electron chi connectivity index (χ3n) is 4.30. The minimum Gasteiger partial charge on any atom is -0.497 e. The van der Waals surface area contributed by atoms with E-state index in [1.165, 1.54) is 36.0 Å². The van der Waals surface area contributed by atoms with E-state index >= 15 is 0 Å². The van der Waals surface area contributed by atoms with Crippen LogP contribution in [0.15, 0.2) is 53.7 Å². The van der Waals surface area contributed by atoms with Crippen LogP contribution in [-0.4, -0.2) is 39.3 Å². The fraction of sp³-hybridized carbons (Fsp3) is 0.238. The number of hydrogen-bond donors (Lipinski definition) is 1. The summed E-state index contributed by atoms with van der Waals surface area (Å²) in [5, 5.41) is 11.5. The number of carbonyl (C=O) groups is 2. The molecule has 0 saturated heterocycles.